The summed E-state index contributed by atoms with van der Waals surface area (Å²) in [6.45, 7) is -0.598. The SMILES string of the molecule is OC[C@H]1O[C@@H](c2cc(Cc3ncc(-c4ccoc4)s3)c(Cl)cc2F)[C@H](O)[C@@H](O)[C@@H]1O. The number of hydrogen-bond acceptors (Lipinski definition) is 8. The molecule has 30 heavy (non-hydrogen) atoms. The first-order valence-electron chi connectivity index (χ1n) is 9.14. The van der Waals surface area contributed by atoms with Crippen molar-refractivity contribution in [1.29, 1.82) is 0 Å². The number of ether oxygens (including phenoxy) is 1. The Balaban J connectivity index is 1.63. The molecule has 0 bridgehead atoms. The fraction of sp³-hybridized carbons (Fsp3) is 0.350. The molecule has 0 amide bonds. The van der Waals surface area contributed by atoms with Crippen molar-refractivity contribution in [1.82, 2.24) is 4.98 Å². The van der Waals surface area contributed by atoms with Crippen LogP contribution in [0.15, 0.2) is 41.3 Å². The Morgan fingerprint density at radius 3 is 2.67 bits per heavy atom. The van der Waals surface area contributed by atoms with Gasteiger partial charge in [0.05, 0.1) is 29.0 Å². The van der Waals surface area contributed by atoms with Crippen LogP contribution in [-0.4, -0.2) is 56.4 Å². The van der Waals surface area contributed by atoms with Gasteiger partial charge >= 0.3 is 0 Å². The molecule has 0 aliphatic carbocycles. The molecule has 3 aromatic rings. The second-order valence-electron chi connectivity index (χ2n) is 7.02. The molecule has 7 nitrogen and oxygen atoms in total. The summed E-state index contributed by atoms with van der Waals surface area (Å²) in [6, 6.07) is 4.38. The summed E-state index contributed by atoms with van der Waals surface area (Å²) in [5.41, 5.74) is 1.42. The van der Waals surface area contributed by atoms with E-state index in [-0.39, 0.29) is 10.6 Å². The molecule has 1 aliphatic rings. The largest absolute Gasteiger partial charge is 0.472 e. The van der Waals surface area contributed by atoms with E-state index in [1.165, 1.54) is 17.4 Å². The van der Waals surface area contributed by atoms with Gasteiger partial charge in [-0.3, -0.25) is 0 Å². The third-order valence-electron chi connectivity index (χ3n) is 5.07. The van der Waals surface area contributed by atoms with Gasteiger partial charge in [0.1, 0.15) is 36.3 Å². The Morgan fingerprint density at radius 1 is 1.17 bits per heavy atom. The predicted molar refractivity (Wildman–Crippen MR) is 107 cm³/mol. The van der Waals surface area contributed by atoms with Crippen molar-refractivity contribution >= 4 is 22.9 Å². The van der Waals surface area contributed by atoms with Gasteiger partial charge in [0.15, 0.2) is 0 Å². The molecule has 0 saturated carbocycles. The minimum Gasteiger partial charge on any atom is -0.472 e. The monoisotopic (exact) mass is 455 g/mol. The Hall–Kier alpha value is -1.85. The lowest BCUT2D eigenvalue weighted by Crippen LogP contribution is -2.55. The number of thiazole rings is 1. The van der Waals surface area contributed by atoms with Crippen LogP contribution < -0.4 is 0 Å². The number of benzene rings is 1. The number of nitrogens with zero attached hydrogens (tertiary/aromatic N) is 1. The Kier molecular flexibility index (Phi) is 6.21. The van der Waals surface area contributed by atoms with Crippen LogP contribution in [0.2, 0.25) is 5.02 Å². The maximum atomic E-state index is 14.7. The van der Waals surface area contributed by atoms with Crippen LogP contribution in [0.4, 0.5) is 4.39 Å². The molecule has 1 aromatic carbocycles. The lowest BCUT2D eigenvalue weighted by Gasteiger charge is -2.40. The van der Waals surface area contributed by atoms with Crippen LogP contribution in [0.25, 0.3) is 10.4 Å². The van der Waals surface area contributed by atoms with E-state index in [0.717, 1.165) is 21.5 Å². The van der Waals surface area contributed by atoms with E-state index >= 15 is 0 Å². The fourth-order valence-corrected chi connectivity index (χ4v) is 4.56. The second-order valence-corrected chi connectivity index (χ2v) is 8.54. The van der Waals surface area contributed by atoms with Gasteiger partial charge in [0.2, 0.25) is 0 Å². The molecule has 3 heterocycles. The van der Waals surface area contributed by atoms with E-state index in [1.54, 1.807) is 18.7 Å². The molecule has 1 fully saturated rings. The number of aliphatic hydroxyl groups is 4. The highest BCUT2D eigenvalue weighted by atomic mass is 35.5. The van der Waals surface area contributed by atoms with E-state index < -0.39 is 42.9 Å². The molecule has 5 atom stereocenters. The zero-order chi connectivity index (χ0) is 21.4. The van der Waals surface area contributed by atoms with Gasteiger partial charge in [-0.05, 0) is 23.8 Å². The maximum Gasteiger partial charge on any atom is 0.130 e. The molecule has 2 aromatic heterocycles. The summed E-state index contributed by atoms with van der Waals surface area (Å²) >= 11 is 7.66. The molecule has 0 unspecified atom stereocenters. The van der Waals surface area contributed by atoms with Gasteiger partial charge in [-0.1, -0.05) is 11.6 Å². The van der Waals surface area contributed by atoms with E-state index in [1.807, 2.05) is 6.07 Å². The van der Waals surface area contributed by atoms with Crippen LogP contribution >= 0.6 is 22.9 Å². The van der Waals surface area contributed by atoms with Gasteiger partial charge in [-0.2, -0.15) is 0 Å². The van der Waals surface area contributed by atoms with Gasteiger partial charge < -0.3 is 29.6 Å². The summed E-state index contributed by atoms with van der Waals surface area (Å²) in [6.07, 6.45) is -1.93. The summed E-state index contributed by atoms with van der Waals surface area (Å²) < 4.78 is 25.2. The van der Waals surface area contributed by atoms with Gasteiger partial charge in [-0.25, -0.2) is 9.37 Å². The molecule has 160 valence electrons. The van der Waals surface area contributed by atoms with Crippen molar-refractivity contribution < 1.29 is 34.0 Å². The van der Waals surface area contributed by atoms with Gasteiger partial charge in [0, 0.05) is 28.8 Å². The highest BCUT2D eigenvalue weighted by Crippen LogP contribution is 2.36. The van der Waals surface area contributed by atoms with Crippen molar-refractivity contribution in [2.45, 2.75) is 36.9 Å². The zero-order valence-corrected chi connectivity index (χ0v) is 17.1. The maximum absolute atomic E-state index is 14.7. The first kappa shape index (κ1) is 21.4. The number of rotatable bonds is 5. The average Bonchev–Trinajstić information content (AvgIpc) is 3.41. The standard InChI is InChI=1S/C20H19ClFNO6S/c21-12-5-13(22)11(20-19(27)18(26)17(25)14(7-24)29-20)3-10(12)4-16-23-6-15(30-16)9-1-2-28-8-9/h1-3,5-6,8,14,17-20,24-27H,4,7H2/t14-,17-,18+,19-,20+/m1/s1. The smallest absolute Gasteiger partial charge is 0.130 e. The first-order chi connectivity index (χ1) is 14.4. The number of furan rings is 1. The number of aromatic nitrogens is 1. The second kappa shape index (κ2) is 8.72. The Morgan fingerprint density at radius 2 is 1.97 bits per heavy atom. The van der Waals surface area contributed by atoms with Gasteiger partial charge in [-0.15, -0.1) is 11.3 Å². The minimum atomic E-state index is -1.60. The average molecular weight is 456 g/mol. The molecular weight excluding hydrogens is 437 g/mol. The summed E-state index contributed by atoms with van der Waals surface area (Å²) in [5, 5.41) is 40.6. The number of aliphatic hydroxyl groups excluding tert-OH is 4. The molecule has 0 radical (unpaired) electrons. The van der Waals surface area contributed by atoms with Crippen LogP contribution in [0, 0.1) is 5.82 Å². The normalized spacial score (nSPS) is 26.8. The van der Waals surface area contributed by atoms with Crippen molar-refractivity contribution in [3.8, 4) is 10.4 Å². The predicted octanol–water partition coefficient (Wildman–Crippen LogP) is 2.30. The highest BCUT2D eigenvalue weighted by Gasteiger charge is 2.44. The molecule has 0 spiro atoms. The third-order valence-corrected chi connectivity index (χ3v) is 6.46. The van der Waals surface area contributed by atoms with Crippen molar-refractivity contribution in [2.24, 2.45) is 0 Å². The molecule has 1 aliphatic heterocycles. The minimum absolute atomic E-state index is 0.0297. The number of halogens is 2. The lowest BCUT2D eigenvalue weighted by molar-refractivity contribution is -0.232. The van der Waals surface area contributed by atoms with E-state index in [0.29, 0.717) is 12.0 Å². The zero-order valence-electron chi connectivity index (χ0n) is 15.5. The first-order valence-corrected chi connectivity index (χ1v) is 10.3. The Labute approximate surface area is 180 Å². The van der Waals surface area contributed by atoms with Crippen molar-refractivity contribution in [2.75, 3.05) is 6.61 Å². The molecule has 1 saturated heterocycles. The van der Waals surface area contributed by atoms with E-state index in [9.17, 15) is 24.8 Å². The number of hydrogen-bond donors (Lipinski definition) is 4. The lowest BCUT2D eigenvalue weighted by atomic mass is 9.90. The molecular formula is C20H19ClFNO6S. The van der Waals surface area contributed by atoms with Crippen molar-refractivity contribution in [3.05, 3.63) is 63.9 Å². The van der Waals surface area contributed by atoms with E-state index in [4.69, 9.17) is 20.8 Å². The Bertz CT molecular complexity index is 1010. The van der Waals surface area contributed by atoms with Crippen LogP contribution in [0.3, 0.4) is 0 Å². The van der Waals surface area contributed by atoms with E-state index in [2.05, 4.69) is 4.98 Å². The molecule has 10 heteroatoms. The fourth-order valence-electron chi connectivity index (χ4n) is 3.42. The summed E-state index contributed by atoms with van der Waals surface area (Å²) in [7, 11) is 0. The highest BCUT2D eigenvalue weighted by molar-refractivity contribution is 7.15. The third kappa shape index (κ3) is 4.02. The quantitative estimate of drug-likeness (QED) is 0.466. The summed E-state index contributed by atoms with van der Waals surface area (Å²) in [4.78, 5) is 5.28. The molecule has 4 rings (SSSR count). The topological polar surface area (TPSA) is 116 Å². The summed E-state index contributed by atoms with van der Waals surface area (Å²) in [5.74, 6) is -0.730. The molecule has 4 N–H and O–H groups in total. The van der Waals surface area contributed by atoms with Crippen LogP contribution in [0.1, 0.15) is 22.2 Å². The van der Waals surface area contributed by atoms with Crippen LogP contribution in [-0.2, 0) is 11.2 Å². The van der Waals surface area contributed by atoms with Crippen LogP contribution in [0.5, 0.6) is 0 Å². The van der Waals surface area contributed by atoms with Crippen molar-refractivity contribution in [3.63, 3.8) is 0 Å². The van der Waals surface area contributed by atoms with Gasteiger partial charge in [0.25, 0.3) is 0 Å².